The first-order valence-electron chi connectivity index (χ1n) is 10.2. The van der Waals surface area contributed by atoms with Gasteiger partial charge in [-0.1, -0.05) is 56.4 Å². The van der Waals surface area contributed by atoms with Crippen LogP contribution in [0, 0.1) is 0 Å². The molecule has 0 fully saturated rings. The van der Waals surface area contributed by atoms with E-state index in [2.05, 4.69) is 25.4 Å². The Labute approximate surface area is 223 Å². The highest BCUT2D eigenvalue weighted by molar-refractivity contribution is 9.10. The van der Waals surface area contributed by atoms with Crippen molar-refractivity contribution in [2.75, 3.05) is 6.26 Å². The molecule has 36 heavy (non-hydrogen) atoms. The predicted octanol–water partition coefficient (Wildman–Crippen LogP) is 7.64. The lowest BCUT2D eigenvalue weighted by molar-refractivity contribution is -0.275. The molecule has 0 N–H and O–H groups in total. The smallest absolute Gasteiger partial charge is 0.374 e. The highest BCUT2D eigenvalue weighted by atomic mass is 79.9. The number of oxime groups is 1. The Morgan fingerprint density at radius 3 is 2.19 bits per heavy atom. The Hall–Kier alpha value is -2.40. The van der Waals surface area contributed by atoms with Crippen LogP contribution < -0.4 is 0 Å². The maximum absolute atomic E-state index is 14.2. The Morgan fingerprint density at radius 1 is 1.06 bits per heavy atom. The van der Waals surface area contributed by atoms with Gasteiger partial charge in [0.15, 0.2) is 0 Å². The fourth-order valence-corrected chi connectivity index (χ4v) is 5.56. The van der Waals surface area contributed by atoms with Gasteiger partial charge in [0, 0.05) is 43.2 Å². The average Bonchev–Trinajstić information content (AvgIpc) is 3.26. The van der Waals surface area contributed by atoms with E-state index in [9.17, 15) is 22.2 Å². The molecule has 2 atom stereocenters. The third-order valence-electron chi connectivity index (χ3n) is 5.49. The van der Waals surface area contributed by atoms with Gasteiger partial charge in [-0.05, 0) is 60.2 Å². The summed E-state index contributed by atoms with van der Waals surface area (Å²) in [5.41, 5.74) is -2.58. The first-order chi connectivity index (χ1) is 16.8. The average molecular weight is 620 g/mol. The molecule has 1 aliphatic rings. The molecule has 0 saturated heterocycles. The van der Waals surface area contributed by atoms with Crippen molar-refractivity contribution in [1.82, 2.24) is 0 Å². The highest BCUT2D eigenvalue weighted by Crippen LogP contribution is 2.49. The molecule has 12 heteroatoms. The van der Waals surface area contributed by atoms with E-state index in [0.717, 1.165) is 16.6 Å². The maximum Gasteiger partial charge on any atom is 0.435 e. The standard InChI is InChI=1S/C24H16BrCl2F3N2O3S/c1-36(34,20-8-6-17(25)7-9-20)32-22(33)15-4-2-14(3-5-15)21-13-23(35-31-21,24(28,29)30)16-10-18(26)12-19(27)11-16/h2-12H,13H2,1H3. The molecule has 188 valence electrons. The molecule has 0 aliphatic carbocycles. The van der Waals surface area contributed by atoms with E-state index in [1.807, 2.05) is 0 Å². The van der Waals surface area contributed by atoms with E-state index in [0.29, 0.717) is 10.5 Å². The number of hydrogen-bond acceptors (Lipinski definition) is 4. The van der Waals surface area contributed by atoms with Gasteiger partial charge in [0.2, 0.25) is 0 Å². The summed E-state index contributed by atoms with van der Waals surface area (Å²) >= 11 is 15.1. The van der Waals surface area contributed by atoms with Crippen LogP contribution in [0.25, 0.3) is 0 Å². The normalized spacial score (nSPS) is 19.2. The maximum atomic E-state index is 14.2. The van der Waals surface area contributed by atoms with E-state index in [1.54, 1.807) is 24.3 Å². The van der Waals surface area contributed by atoms with Crippen molar-refractivity contribution in [2.24, 2.45) is 9.52 Å². The summed E-state index contributed by atoms with van der Waals surface area (Å²) in [6.45, 7) is 0. The lowest BCUT2D eigenvalue weighted by Gasteiger charge is -2.29. The van der Waals surface area contributed by atoms with Crippen molar-refractivity contribution in [3.8, 4) is 0 Å². The molecule has 3 aromatic carbocycles. The van der Waals surface area contributed by atoms with Crippen LogP contribution in [0.1, 0.15) is 27.9 Å². The number of benzene rings is 3. The van der Waals surface area contributed by atoms with Crippen molar-refractivity contribution in [2.45, 2.75) is 23.1 Å². The van der Waals surface area contributed by atoms with Gasteiger partial charge in [0.25, 0.3) is 11.5 Å². The number of rotatable bonds is 4. The number of alkyl halides is 3. The van der Waals surface area contributed by atoms with E-state index >= 15 is 0 Å². The summed E-state index contributed by atoms with van der Waals surface area (Å²) in [7, 11) is -3.01. The lowest BCUT2D eigenvalue weighted by atomic mass is 9.86. The molecule has 1 amide bonds. The zero-order valence-corrected chi connectivity index (χ0v) is 22.3. The van der Waals surface area contributed by atoms with Crippen LogP contribution in [0.2, 0.25) is 10.0 Å². The van der Waals surface area contributed by atoms with Crippen molar-refractivity contribution in [3.05, 3.63) is 97.9 Å². The van der Waals surface area contributed by atoms with Crippen molar-refractivity contribution >= 4 is 60.5 Å². The SMILES string of the molecule is CS(=O)(=NC(=O)c1ccc(C2=NOC(c3cc(Cl)cc(Cl)c3)(C(F)(F)F)C2)cc1)c1ccc(Br)cc1. The molecule has 0 bridgehead atoms. The van der Waals surface area contributed by atoms with Crippen LogP contribution in [0.15, 0.2) is 85.6 Å². The van der Waals surface area contributed by atoms with Crippen LogP contribution >= 0.6 is 39.1 Å². The summed E-state index contributed by atoms with van der Waals surface area (Å²) in [4.78, 5) is 18.0. The molecule has 0 spiro atoms. The fraction of sp³-hybridized carbons (Fsp3) is 0.167. The largest absolute Gasteiger partial charge is 0.435 e. The van der Waals surface area contributed by atoms with Gasteiger partial charge in [0.1, 0.15) is 0 Å². The minimum Gasteiger partial charge on any atom is -0.374 e. The monoisotopic (exact) mass is 618 g/mol. The molecule has 0 aromatic heterocycles. The molecule has 1 aliphatic heterocycles. The van der Waals surface area contributed by atoms with Crippen LogP contribution in [-0.2, 0) is 20.2 Å². The van der Waals surface area contributed by atoms with E-state index in [-0.39, 0.29) is 26.9 Å². The van der Waals surface area contributed by atoms with Crippen molar-refractivity contribution < 1.29 is 27.0 Å². The third kappa shape index (κ3) is 5.32. The Kier molecular flexibility index (Phi) is 7.27. The van der Waals surface area contributed by atoms with Gasteiger partial charge in [-0.15, -0.1) is 0 Å². The Bertz CT molecular complexity index is 1470. The van der Waals surface area contributed by atoms with Gasteiger partial charge >= 0.3 is 6.18 Å². The van der Waals surface area contributed by atoms with Gasteiger partial charge < -0.3 is 4.84 Å². The van der Waals surface area contributed by atoms with Crippen LogP contribution in [-0.4, -0.2) is 28.3 Å². The molecule has 3 aromatic rings. The van der Waals surface area contributed by atoms with E-state index in [4.69, 9.17) is 28.0 Å². The Balaban J connectivity index is 1.59. The number of carbonyl (C=O) groups excluding carboxylic acids is 1. The minimum atomic E-state index is -4.82. The van der Waals surface area contributed by atoms with Crippen LogP contribution in [0.5, 0.6) is 0 Å². The van der Waals surface area contributed by atoms with Gasteiger partial charge in [0.05, 0.1) is 15.4 Å². The zero-order valence-electron chi connectivity index (χ0n) is 18.4. The topological polar surface area (TPSA) is 68.1 Å². The predicted molar refractivity (Wildman–Crippen MR) is 136 cm³/mol. The minimum absolute atomic E-state index is 0.0218. The van der Waals surface area contributed by atoms with Gasteiger partial charge in [-0.2, -0.15) is 17.5 Å². The number of hydrogen-bond donors (Lipinski definition) is 0. The highest BCUT2D eigenvalue weighted by Gasteiger charge is 2.62. The van der Waals surface area contributed by atoms with E-state index < -0.39 is 33.8 Å². The molecular weight excluding hydrogens is 604 g/mol. The van der Waals surface area contributed by atoms with Crippen LogP contribution in [0.3, 0.4) is 0 Å². The first-order valence-corrected chi connectivity index (χ1v) is 13.7. The zero-order chi connectivity index (χ0) is 26.3. The summed E-state index contributed by atoms with van der Waals surface area (Å²) in [6, 6.07) is 15.8. The van der Waals surface area contributed by atoms with Crippen molar-refractivity contribution in [1.29, 1.82) is 0 Å². The second-order valence-corrected chi connectivity index (χ2v) is 12.1. The molecular formula is C24H16BrCl2F3N2O3S. The quantitative estimate of drug-likeness (QED) is 0.301. The molecule has 2 unspecified atom stereocenters. The number of halogens is 6. The first kappa shape index (κ1) is 26.7. The molecule has 0 radical (unpaired) electrons. The summed E-state index contributed by atoms with van der Waals surface area (Å²) in [5, 5.41) is 3.75. The third-order valence-corrected chi connectivity index (χ3v) is 8.11. The molecule has 0 saturated carbocycles. The Morgan fingerprint density at radius 2 is 1.64 bits per heavy atom. The fourth-order valence-electron chi connectivity index (χ4n) is 3.60. The van der Waals surface area contributed by atoms with Gasteiger partial charge in [-0.25, -0.2) is 4.21 Å². The summed E-state index contributed by atoms with van der Waals surface area (Å²) in [5.74, 6) is -0.722. The second-order valence-electron chi connectivity index (χ2n) is 8.02. The van der Waals surface area contributed by atoms with Crippen LogP contribution in [0.4, 0.5) is 13.2 Å². The molecule has 5 nitrogen and oxygen atoms in total. The number of nitrogens with zero attached hydrogens (tertiary/aromatic N) is 2. The lowest BCUT2D eigenvalue weighted by Crippen LogP contribution is -2.42. The second kappa shape index (κ2) is 9.81. The number of amides is 1. The summed E-state index contributed by atoms with van der Waals surface area (Å²) in [6.07, 6.45) is -4.10. The summed E-state index contributed by atoms with van der Waals surface area (Å²) < 4.78 is 60.1. The molecule has 4 rings (SSSR count). The molecule has 1 heterocycles. The van der Waals surface area contributed by atoms with E-state index in [1.165, 1.54) is 36.6 Å². The van der Waals surface area contributed by atoms with Crippen molar-refractivity contribution in [3.63, 3.8) is 0 Å². The number of carbonyl (C=O) groups is 1. The van der Waals surface area contributed by atoms with Gasteiger partial charge in [-0.3, -0.25) is 4.79 Å².